The van der Waals surface area contributed by atoms with Crippen molar-refractivity contribution in [2.24, 2.45) is 10.2 Å². The monoisotopic (exact) mass is 337 g/mol. The number of hydrogen-bond donors (Lipinski definition) is 1. The van der Waals surface area contributed by atoms with Gasteiger partial charge in [0.05, 0.1) is 12.6 Å². The van der Waals surface area contributed by atoms with E-state index in [1.165, 1.54) is 7.11 Å². The lowest BCUT2D eigenvalue weighted by Gasteiger charge is -2.02. The molecule has 0 aliphatic rings. The molecule has 1 aromatic heterocycles. The van der Waals surface area contributed by atoms with E-state index in [0.717, 1.165) is 9.99 Å². The highest BCUT2D eigenvalue weighted by molar-refractivity contribution is 9.10. The molecule has 1 heterocycles. The number of fused-ring (bicyclic) bond motifs is 1. The number of rotatable bonds is 3. The van der Waals surface area contributed by atoms with Crippen LogP contribution in [-0.2, 0) is 11.3 Å². The summed E-state index contributed by atoms with van der Waals surface area (Å²) in [6.45, 7) is 4.06. The molecule has 0 unspecified atom stereocenters. The minimum Gasteiger partial charge on any atom is -0.493 e. The van der Waals surface area contributed by atoms with Crippen LogP contribution in [0.5, 0.6) is 5.88 Å². The summed E-state index contributed by atoms with van der Waals surface area (Å²) in [5.74, 6) is -0.0781. The quantitative estimate of drug-likeness (QED) is 0.675. The number of aromatic nitrogens is 1. The molecule has 0 atom stereocenters. The highest BCUT2D eigenvalue weighted by Gasteiger charge is 2.16. The van der Waals surface area contributed by atoms with Crippen LogP contribution in [-0.4, -0.2) is 22.9 Å². The topological polar surface area (TPSA) is 76.2 Å². The van der Waals surface area contributed by atoms with Gasteiger partial charge in [-0.1, -0.05) is 27.1 Å². The predicted molar refractivity (Wildman–Crippen MR) is 78.4 cm³/mol. The van der Waals surface area contributed by atoms with Gasteiger partial charge >= 0.3 is 6.09 Å². The van der Waals surface area contributed by atoms with E-state index in [1.807, 2.05) is 12.1 Å². The molecule has 0 aliphatic carbocycles. The van der Waals surface area contributed by atoms with Crippen molar-refractivity contribution in [1.82, 2.24) is 4.57 Å². The molecule has 104 valence electrons. The van der Waals surface area contributed by atoms with Crippen molar-refractivity contribution in [3.63, 3.8) is 0 Å². The molecule has 2 rings (SSSR count). The van der Waals surface area contributed by atoms with Crippen LogP contribution in [0.3, 0.4) is 0 Å². The van der Waals surface area contributed by atoms with Crippen LogP contribution < -0.4 is 0 Å². The summed E-state index contributed by atoms with van der Waals surface area (Å²) in [5.41, 5.74) is 0.984. The summed E-state index contributed by atoms with van der Waals surface area (Å²) in [4.78, 5) is 11.0. The Bertz CT molecular complexity index is 706. The minimum absolute atomic E-state index is 0.0781. The molecule has 1 aromatic carbocycles. The van der Waals surface area contributed by atoms with E-state index in [9.17, 15) is 9.90 Å². The van der Waals surface area contributed by atoms with Crippen molar-refractivity contribution in [3.8, 4) is 5.88 Å². The third-order valence-corrected chi connectivity index (χ3v) is 3.18. The highest BCUT2D eigenvalue weighted by Crippen LogP contribution is 2.40. The fraction of sp³-hybridized carbons (Fsp3) is 0.154. The van der Waals surface area contributed by atoms with Gasteiger partial charge in [-0.3, -0.25) is 0 Å². The van der Waals surface area contributed by atoms with Gasteiger partial charge in [0.25, 0.3) is 0 Å². The molecule has 0 spiro atoms. The van der Waals surface area contributed by atoms with Crippen LogP contribution in [0.2, 0.25) is 0 Å². The highest BCUT2D eigenvalue weighted by atomic mass is 79.9. The zero-order valence-corrected chi connectivity index (χ0v) is 12.3. The standard InChI is InChI=1S/C13H12BrN3O3/c1-3-6-17-10-5-4-8(14)7-9(10)11(12(17)18)15-16-13(19)20-2/h3-5,7,18H,1,6H2,2H3. The number of aromatic hydroxyl groups is 1. The Morgan fingerprint density at radius 3 is 3.00 bits per heavy atom. The van der Waals surface area contributed by atoms with Crippen molar-refractivity contribution in [1.29, 1.82) is 0 Å². The molecule has 0 saturated heterocycles. The molecule has 0 radical (unpaired) electrons. The first kappa shape index (κ1) is 14.3. The Labute approximate surface area is 123 Å². The average molecular weight is 338 g/mol. The van der Waals surface area contributed by atoms with Crippen LogP contribution in [0.1, 0.15) is 0 Å². The number of amides is 1. The Hall–Kier alpha value is -2.15. The van der Waals surface area contributed by atoms with E-state index >= 15 is 0 Å². The van der Waals surface area contributed by atoms with Crippen LogP contribution in [0.4, 0.5) is 10.5 Å². The fourth-order valence-corrected chi connectivity index (χ4v) is 2.20. The summed E-state index contributed by atoms with van der Waals surface area (Å²) in [5, 5.41) is 18.0. The lowest BCUT2D eigenvalue weighted by molar-refractivity contribution is 0.181. The maximum atomic E-state index is 11.0. The molecule has 7 heteroatoms. The van der Waals surface area contributed by atoms with Crippen molar-refractivity contribution in [3.05, 3.63) is 35.3 Å². The van der Waals surface area contributed by atoms with E-state index in [-0.39, 0.29) is 11.6 Å². The number of ether oxygens (including phenoxy) is 1. The van der Waals surface area contributed by atoms with Gasteiger partial charge in [0.2, 0.25) is 5.88 Å². The molecule has 0 saturated carbocycles. The zero-order chi connectivity index (χ0) is 14.7. The summed E-state index contributed by atoms with van der Waals surface area (Å²) >= 11 is 3.36. The van der Waals surface area contributed by atoms with Crippen molar-refractivity contribution in [2.45, 2.75) is 6.54 Å². The molecule has 0 bridgehead atoms. The molecular formula is C13H12BrN3O3. The van der Waals surface area contributed by atoms with Crippen LogP contribution >= 0.6 is 15.9 Å². The molecule has 6 nitrogen and oxygen atoms in total. The Balaban J connectivity index is 2.65. The van der Waals surface area contributed by atoms with Crippen LogP contribution in [0.25, 0.3) is 10.9 Å². The number of allylic oxidation sites excluding steroid dienone is 1. The third-order valence-electron chi connectivity index (χ3n) is 2.69. The van der Waals surface area contributed by atoms with Gasteiger partial charge in [0.1, 0.15) is 0 Å². The van der Waals surface area contributed by atoms with E-state index in [0.29, 0.717) is 11.9 Å². The smallest absolute Gasteiger partial charge is 0.452 e. The second-order valence-electron chi connectivity index (χ2n) is 3.90. The number of hydrogen-bond acceptors (Lipinski definition) is 4. The van der Waals surface area contributed by atoms with Gasteiger partial charge < -0.3 is 14.4 Å². The predicted octanol–water partition coefficient (Wildman–Crippen LogP) is 4.15. The molecule has 2 aromatic rings. The van der Waals surface area contributed by atoms with Gasteiger partial charge in [-0.25, -0.2) is 4.79 Å². The second-order valence-corrected chi connectivity index (χ2v) is 4.82. The number of halogens is 1. The normalized spacial score (nSPS) is 11.1. The first-order valence-electron chi connectivity index (χ1n) is 5.69. The van der Waals surface area contributed by atoms with Crippen LogP contribution in [0.15, 0.2) is 45.6 Å². The van der Waals surface area contributed by atoms with E-state index in [2.05, 4.69) is 37.5 Å². The number of carbonyl (C=O) groups is 1. The Morgan fingerprint density at radius 1 is 1.60 bits per heavy atom. The average Bonchev–Trinajstić information content (AvgIpc) is 2.69. The Morgan fingerprint density at radius 2 is 2.35 bits per heavy atom. The maximum Gasteiger partial charge on any atom is 0.452 e. The van der Waals surface area contributed by atoms with Crippen LogP contribution in [0, 0.1) is 0 Å². The lowest BCUT2D eigenvalue weighted by Crippen LogP contribution is -1.93. The number of nitrogens with zero attached hydrogens (tertiary/aromatic N) is 3. The molecule has 0 aliphatic heterocycles. The number of benzene rings is 1. The van der Waals surface area contributed by atoms with Crippen molar-refractivity contribution < 1.29 is 14.6 Å². The first-order valence-corrected chi connectivity index (χ1v) is 6.49. The maximum absolute atomic E-state index is 11.0. The number of azo groups is 1. The summed E-state index contributed by atoms with van der Waals surface area (Å²) in [6, 6.07) is 5.47. The largest absolute Gasteiger partial charge is 0.493 e. The third kappa shape index (κ3) is 2.57. The van der Waals surface area contributed by atoms with Gasteiger partial charge in [-0.15, -0.1) is 11.7 Å². The molecule has 0 fully saturated rings. The lowest BCUT2D eigenvalue weighted by atomic mass is 10.2. The second kappa shape index (κ2) is 5.87. The SMILES string of the molecule is C=CCn1c(O)c(N=NC(=O)OC)c2cc(Br)ccc21. The summed E-state index contributed by atoms with van der Waals surface area (Å²) in [7, 11) is 1.21. The van der Waals surface area contributed by atoms with Gasteiger partial charge in [0, 0.05) is 16.4 Å². The summed E-state index contributed by atoms with van der Waals surface area (Å²) < 4.78 is 6.84. The number of carbonyl (C=O) groups excluding carboxylic acids is 1. The molecule has 1 N–H and O–H groups in total. The minimum atomic E-state index is -0.830. The zero-order valence-electron chi connectivity index (χ0n) is 10.7. The first-order chi connectivity index (χ1) is 9.58. The van der Waals surface area contributed by atoms with Crippen molar-refractivity contribution in [2.75, 3.05) is 7.11 Å². The van der Waals surface area contributed by atoms with E-state index in [1.54, 1.807) is 16.7 Å². The molecular weight excluding hydrogens is 326 g/mol. The van der Waals surface area contributed by atoms with Crippen molar-refractivity contribution >= 4 is 38.6 Å². The fourth-order valence-electron chi connectivity index (χ4n) is 1.84. The molecule has 1 amide bonds. The van der Waals surface area contributed by atoms with Gasteiger partial charge in [-0.2, -0.15) is 0 Å². The van der Waals surface area contributed by atoms with E-state index < -0.39 is 6.09 Å². The summed E-state index contributed by atoms with van der Waals surface area (Å²) in [6.07, 6.45) is 0.826. The van der Waals surface area contributed by atoms with Gasteiger partial charge in [-0.05, 0) is 18.2 Å². The van der Waals surface area contributed by atoms with Gasteiger partial charge in [0.15, 0.2) is 5.69 Å². The molecule has 20 heavy (non-hydrogen) atoms. The number of methoxy groups -OCH3 is 1. The Kier molecular flexibility index (Phi) is 4.19. The van der Waals surface area contributed by atoms with E-state index in [4.69, 9.17) is 0 Å².